The van der Waals surface area contributed by atoms with Gasteiger partial charge in [-0.3, -0.25) is 4.79 Å². The fourth-order valence-corrected chi connectivity index (χ4v) is 6.76. The number of rotatable bonds is 4. The molecule has 8 heteroatoms. The van der Waals surface area contributed by atoms with Gasteiger partial charge in [-0.15, -0.1) is 11.3 Å². The zero-order valence-electron chi connectivity index (χ0n) is 17.7. The average molecular weight is 468 g/mol. The number of thiazole rings is 1. The number of carbonyl (C=O) groups is 1. The fourth-order valence-electron chi connectivity index (χ4n) is 4.39. The molecule has 1 aromatic heterocycles. The number of fused-ring (bicyclic) bond motifs is 1. The molecule has 2 aromatic carbocycles. The van der Waals surface area contributed by atoms with Crippen molar-refractivity contribution in [3.8, 4) is 10.6 Å². The highest BCUT2D eigenvalue weighted by molar-refractivity contribution is 7.89. The zero-order valence-corrected chi connectivity index (χ0v) is 19.4. The molecular formula is C24H25N3O3S2. The Labute approximate surface area is 192 Å². The lowest BCUT2D eigenvalue weighted by Gasteiger charge is -2.34. The Morgan fingerprint density at radius 1 is 0.906 bits per heavy atom. The topological polar surface area (TPSA) is 70.6 Å². The third-order valence-corrected chi connectivity index (χ3v) is 9.15. The number of hydrogen-bond donors (Lipinski definition) is 0. The van der Waals surface area contributed by atoms with Crippen molar-refractivity contribution in [2.45, 2.75) is 30.6 Å². The first-order chi connectivity index (χ1) is 15.5. The summed E-state index contributed by atoms with van der Waals surface area (Å²) in [6.45, 7) is 1.36. The average Bonchev–Trinajstić information content (AvgIpc) is 3.34. The maximum Gasteiger partial charge on any atom is 0.265 e. The Morgan fingerprint density at radius 3 is 2.38 bits per heavy atom. The van der Waals surface area contributed by atoms with Crippen molar-refractivity contribution in [3.05, 3.63) is 70.7 Å². The summed E-state index contributed by atoms with van der Waals surface area (Å²) < 4.78 is 27.9. The van der Waals surface area contributed by atoms with Crippen LogP contribution in [0.15, 0.2) is 59.6 Å². The van der Waals surface area contributed by atoms with Gasteiger partial charge in [0.25, 0.3) is 5.91 Å². The van der Waals surface area contributed by atoms with Crippen molar-refractivity contribution in [2.75, 3.05) is 26.2 Å². The van der Waals surface area contributed by atoms with Crippen molar-refractivity contribution in [1.29, 1.82) is 0 Å². The Morgan fingerprint density at radius 2 is 1.62 bits per heavy atom. The monoisotopic (exact) mass is 467 g/mol. The van der Waals surface area contributed by atoms with Crippen molar-refractivity contribution >= 4 is 27.3 Å². The van der Waals surface area contributed by atoms with Gasteiger partial charge in [0.15, 0.2) is 0 Å². The lowest BCUT2D eigenvalue weighted by atomic mass is 9.92. The van der Waals surface area contributed by atoms with Gasteiger partial charge in [-0.05, 0) is 48.9 Å². The van der Waals surface area contributed by atoms with E-state index in [2.05, 4.69) is 4.98 Å². The van der Waals surface area contributed by atoms with E-state index < -0.39 is 10.0 Å². The molecular weight excluding hydrogens is 442 g/mol. The molecule has 2 aliphatic rings. The van der Waals surface area contributed by atoms with Crippen LogP contribution >= 0.6 is 11.3 Å². The maximum absolute atomic E-state index is 13.2. The fraction of sp³-hybridized carbons (Fsp3) is 0.333. The molecule has 3 aromatic rings. The van der Waals surface area contributed by atoms with E-state index in [1.807, 2.05) is 42.5 Å². The quantitative estimate of drug-likeness (QED) is 0.585. The number of nitrogens with zero attached hydrogens (tertiary/aromatic N) is 3. The first-order valence-electron chi connectivity index (χ1n) is 10.9. The van der Waals surface area contributed by atoms with Gasteiger partial charge in [-0.1, -0.05) is 36.4 Å². The minimum absolute atomic E-state index is 0.0875. The number of aryl methyl sites for hydroxylation is 2. The molecule has 1 amide bonds. The maximum atomic E-state index is 13.2. The van der Waals surface area contributed by atoms with E-state index in [-0.39, 0.29) is 5.91 Å². The van der Waals surface area contributed by atoms with E-state index in [0.29, 0.717) is 36.0 Å². The van der Waals surface area contributed by atoms with Crippen LogP contribution in [0.4, 0.5) is 0 Å². The van der Waals surface area contributed by atoms with Gasteiger partial charge in [0, 0.05) is 31.7 Å². The Kier molecular flexibility index (Phi) is 5.84. The van der Waals surface area contributed by atoms with Gasteiger partial charge in [0.1, 0.15) is 9.88 Å². The van der Waals surface area contributed by atoms with Crippen LogP contribution in [0.1, 0.15) is 33.6 Å². The van der Waals surface area contributed by atoms with Gasteiger partial charge in [-0.2, -0.15) is 4.31 Å². The summed E-state index contributed by atoms with van der Waals surface area (Å²) >= 11 is 1.37. The van der Waals surface area contributed by atoms with Crippen molar-refractivity contribution in [3.63, 3.8) is 0 Å². The Hall–Kier alpha value is -2.55. The third-order valence-electron chi connectivity index (χ3n) is 6.22. The molecule has 0 atom stereocenters. The van der Waals surface area contributed by atoms with E-state index in [4.69, 9.17) is 0 Å². The zero-order chi connectivity index (χ0) is 22.1. The predicted octanol–water partition coefficient (Wildman–Crippen LogP) is 3.84. The molecule has 0 unspecified atom stereocenters. The van der Waals surface area contributed by atoms with E-state index in [1.165, 1.54) is 27.6 Å². The summed E-state index contributed by atoms with van der Waals surface area (Å²) in [4.78, 5) is 20.0. The molecule has 0 spiro atoms. The molecule has 0 saturated carbocycles. The van der Waals surface area contributed by atoms with Crippen LogP contribution in [-0.2, 0) is 22.9 Å². The van der Waals surface area contributed by atoms with Crippen LogP contribution in [0.2, 0.25) is 0 Å². The molecule has 166 valence electrons. The Bertz CT molecular complexity index is 1230. The summed E-state index contributed by atoms with van der Waals surface area (Å²) in [5.41, 5.74) is 3.41. The second-order valence-electron chi connectivity index (χ2n) is 8.23. The number of carbonyl (C=O) groups excluding carboxylic acids is 1. The van der Waals surface area contributed by atoms with Gasteiger partial charge >= 0.3 is 0 Å². The number of piperazine rings is 1. The molecule has 0 radical (unpaired) electrons. The van der Waals surface area contributed by atoms with Gasteiger partial charge < -0.3 is 4.90 Å². The third kappa shape index (κ3) is 4.10. The number of aromatic nitrogens is 1. The number of hydrogen-bond acceptors (Lipinski definition) is 5. The summed E-state index contributed by atoms with van der Waals surface area (Å²) in [6.07, 6.45) is 5.87. The minimum atomic E-state index is -3.56. The van der Waals surface area contributed by atoms with Crippen LogP contribution in [0, 0.1) is 0 Å². The van der Waals surface area contributed by atoms with E-state index in [0.717, 1.165) is 35.4 Å². The number of sulfonamides is 1. The van der Waals surface area contributed by atoms with Gasteiger partial charge in [0.2, 0.25) is 10.0 Å². The summed E-state index contributed by atoms with van der Waals surface area (Å²) in [6, 6.07) is 15.3. The standard InChI is InChI=1S/C24H25N3O3S2/c28-24(22-17-25-23(31-22)19-7-2-1-3-8-19)26-12-14-27(15-13-26)32(29,30)21-11-10-18-6-4-5-9-20(18)16-21/h1-3,7-8,10-11,16-17H,4-6,9,12-15H2. The molecule has 0 bridgehead atoms. The molecule has 1 aliphatic heterocycles. The van der Waals surface area contributed by atoms with Crippen LogP contribution in [0.3, 0.4) is 0 Å². The SMILES string of the molecule is O=C(c1cnc(-c2ccccc2)s1)N1CCN(S(=O)(=O)c2ccc3c(c2)CCCC3)CC1. The molecule has 0 N–H and O–H groups in total. The number of benzene rings is 2. The molecule has 1 saturated heterocycles. The highest BCUT2D eigenvalue weighted by Gasteiger charge is 2.31. The minimum Gasteiger partial charge on any atom is -0.335 e. The lowest BCUT2D eigenvalue weighted by Crippen LogP contribution is -2.50. The largest absolute Gasteiger partial charge is 0.335 e. The second kappa shape index (κ2) is 8.77. The van der Waals surface area contributed by atoms with Crippen LogP contribution in [-0.4, -0.2) is 54.7 Å². The predicted molar refractivity (Wildman–Crippen MR) is 125 cm³/mol. The summed E-state index contributed by atoms with van der Waals surface area (Å²) in [7, 11) is -3.56. The molecule has 32 heavy (non-hydrogen) atoms. The van der Waals surface area contributed by atoms with Crippen LogP contribution in [0.25, 0.3) is 10.6 Å². The van der Waals surface area contributed by atoms with Crippen LogP contribution < -0.4 is 0 Å². The van der Waals surface area contributed by atoms with E-state index in [1.54, 1.807) is 17.2 Å². The van der Waals surface area contributed by atoms with E-state index >= 15 is 0 Å². The molecule has 1 aliphatic carbocycles. The highest BCUT2D eigenvalue weighted by atomic mass is 32.2. The van der Waals surface area contributed by atoms with E-state index in [9.17, 15) is 13.2 Å². The summed E-state index contributed by atoms with van der Waals surface area (Å²) in [5, 5.41) is 0.808. The highest BCUT2D eigenvalue weighted by Crippen LogP contribution is 2.28. The van der Waals surface area contributed by atoms with Crippen molar-refractivity contribution < 1.29 is 13.2 Å². The van der Waals surface area contributed by atoms with Gasteiger partial charge in [0.05, 0.1) is 11.1 Å². The Balaban J connectivity index is 1.26. The molecule has 5 rings (SSSR count). The summed E-state index contributed by atoms with van der Waals surface area (Å²) in [5.74, 6) is -0.0875. The normalized spacial score (nSPS) is 17.2. The van der Waals surface area contributed by atoms with Crippen molar-refractivity contribution in [1.82, 2.24) is 14.2 Å². The first kappa shape index (κ1) is 21.3. The lowest BCUT2D eigenvalue weighted by molar-refractivity contribution is 0.0702. The smallest absolute Gasteiger partial charge is 0.265 e. The molecule has 2 heterocycles. The van der Waals surface area contributed by atoms with Crippen LogP contribution in [0.5, 0.6) is 0 Å². The number of amides is 1. The first-order valence-corrected chi connectivity index (χ1v) is 13.2. The molecule has 1 fully saturated rings. The second-order valence-corrected chi connectivity index (χ2v) is 11.2. The van der Waals surface area contributed by atoms with Crippen molar-refractivity contribution in [2.24, 2.45) is 0 Å². The van der Waals surface area contributed by atoms with Gasteiger partial charge in [-0.25, -0.2) is 13.4 Å². The molecule has 6 nitrogen and oxygen atoms in total.